The average Bonchev–Trinajstić information content (AvgIpc) is 3.63. The van der Waals surface area contributed by atoms with Gasteiger partial charge in [-0.1, -0.05) is 176 Å². The van der Waals surface area contributed by atoms with E-state index in [4.69, 9.17) is 11.3 Å². The van der Waals surface area contributed by atoms with Crippen LogP contribution in [0.2, 0.25) is 0 Å². The third kappa shape index (κ3) is 4.86. The second-order valence-electron chi connectivity index (χ2n) is 12.8. The van der Waals surface area contributed by atoms with E-state index < -0.39 is 6.04 Å². The van der Waals surface area contributed by atoms with Gasteiger partial charge in [0.05, 0.1) is 6.85 Å². The van der Waals surface area contributed by atoms with E-state index in [1.54, 1.807) is 6.07 Å². The van der Waals surface area contributed by atoms with E-state index >= 15 is 0 Å². The minimum Gasteiger partial charge on any atom is -0.456 e. The van der Waals surface area contributed by atoms with Gasteiger partial charge >= 0.3 is 0 Å². The van der Waals surface area contributed by atoms with Crippen molar-refractivity contribution in [1.82, 2.24) is 0 Å². The normalized spacial score (nSPS) is 12.9. The summed E-state index contributed by atoms with van der Waals surface area (Å²) in [6.45, 7) is 0. The van der Waals surface area contributed by atoms with Gasteiger partial charge in [-0.05, 0) is 95.4 Å². The Morgan fingerprint density at radius 1 is 0.333 bits per heavy atom. The number of benzene rings is 9. The summed E-state index contributed by atoms with van der Waals surface area (Å²) >= 11 is 0. The highest BCUT2D eigenvalue weighted by Gasteiger charge is 2.21. The van der Waals surface area contributed by atoms with Crippen LogP contribution in [0.15, 0.2) is 198 Å². The molecule has 0 fully saturated rings. The van der Waals surface area contributed by atoms with Gasteiger partial charge in [0.15, 0.2) is 0 Å². The molecular formula is C50H32O. The van der Waals surface area contributed by atoms with Crippen molar-refractivity contribution in [2.45, 2.75) is 0 Å². The minimum atomic E-state index is -0.410. The molecule has 0 unspecified atom stereocenters. The zero-order valence-electron chi connectivity index (χ0n) is 32.5. The second-order valence-corrected chi connectivity index (χ2v) is 12.8. The zero-order chi connectivity index (χ0) is 38.1. The lowest BCUT2D eigenvalue weighted by atomic mass is 9.83. The van der Waals surface area contributed by atoms with Crippen LogP contribution in [-0.2, 0) is 0 Å². The maximum atomic E-state index is 8.67. The molecule has 238 valence electrons. The summed E-state index contributed by atoms with van der Waals surface area (Å²) in [5.41, 5.74) is 11.1. The smallest absolute Gasteiger partial charge is 0.136 e. The number of hydrogen-bond donors (Lipinski definition) is 0. The number of furan rings is 1. The SMILES string of the molecule is [2H]c1c([2H])c([2H])c(-c2ccc3oc4cccc(-c5c6ccccc6c(-c6ccccc6-c6ccc(-c7ccccc7)cc6)c6ccccc56)c4c3c2)c([2H])c1[2H]. The molecule has 1 heterocycles. The summed E-state index contributed by atoms with van der Waals surface area (Å²) in [6.07, 6.45) is 0. The molecule has 51 heavy (non-hydrogen) atoms. The van der Waals surface area contributed by atoms with E-state index in [1.165, 1.54) is 11.1 Å². The van der Waals surface area contributed by atoms with E-state index in [1.807, 2.05) is 30.3 Å². The Hall–Kier alpha value is -6.70. The van der Waals surface area contributed by atoms with Crippen LogP contribution in [0.5, 0.6) is 0 Å². The van der Waals surface area contributed by atoms with E-state index in [0.29, 0.717) is 16.7 Å². The average molecular weight is 654 g/mol. The van der Waals surface area contributed by atoms with Crippen LogP contribution in [0.3, 0.4) is 0 Å². The molecule has 10 aromatic rings. The summed E-state index contributed by atoms with van der Waals surface area (Å²) in [5.74, 6) is 0. The molecular weight excluding hydrogens is 617 g/mol. The first-order valence-electron chi connectivity index (χ1n) is 19.6. The molecule has 0 aliphatic carbocycles. The first-order chi connectivity index (χ1) is 27.4. The lowest BCUT2D eigenvalue weighted by Crippen LogP contribution is -1.93. The molecule has 0 radical (unpaired) electrons. The molecule has 1 heteroatoms. The Kier molecular flexibility index (Phi) is 5.76. The number of hydrogen-bond acceptors (Lipinski definition) is 1. The van der Waals surface area contributed by atoms with Gasteiger partial charge in [-0.3, -0.25) is 0 Å². The van der Waals surface area contributed by atoms with Gasteiger partial charge in [0.1, 0.15) is 11.2 Å². The predicted octanol–water partition coefficient (Wildman–Crippen LogP) is 14.2. The number of rotatable bonds is 5. The van der Waals surface area contributed by atoms with Gasteiger partial charge in [-0.2, -0.15) is 0 Å². The van der Waals surface area contributed by atoms with Crippen molar-refractivity contribution in [2.24, 2.45) is 0 Å². The Morgan fingerprint density at radius 3 is 1.55 bits per heavy atom. The van der Waals surface area contributed by atoms with E-state index in [9.17, 15) is 0 Å². The molecule has 0 atom stereocenters. The van der Waals surface area contributed by atoms with Crippen LogP contribution in [0, 0.1) is 0 Å². The molecule has 0 amide bonds. The lowest BCUT2D eigenvalue weighted by Gasteiger charge is -2.20. The summed E-state index contributed by atoms with van der Waals surface area (Å²) in [6, 6.07) is 55.1. The van der Waals surface area contributed by atoms with Gasteiger partial charge in [0, 0.05) is 10.8 Å². The van der Waals surface area contributed by atoms with Crippen molar-refractivity contribution in [3.8, 4) is 55.6 Å². The molecule has 0 aliphatic rings. The molecule has 9 aromatic carbocycles. The largest absolute Gasteiger partial charge is 0.456 e. The van der Waals surface area contributed by atoms with Crippen molar-refractivity contribution in [2.75, 3.05) is 0 Å². The summed E-state index contributed by atoms with van der Waals surface area (Å²) < 4.78 is 48.5. The van der Waals surface area contributed by atoms with Crippen molar-refractivity contribution in [3.63, 3.8) is 0 Å². The summed E-state index contributed by atoms with van der Waals surface area (Å²) in [4.78, 5) is 0. The molecule has 1 aromatic heterocycles. The fourth-order valence-corrected chi connectivity index (χ4v) is 7.72. The summed E-state index contributed by atoms with van der Waals surface area (Å²) in [7, 11) is 0. The van der Waals surface area contributed by atoms with Crippen LogP contribution in [-0.4, -0.2) is 0 Å². The Bertz CT molecular complexity index is 3100. The van der Waals surface area contributed by atoms with Crippen molar-refractivity contribution >= 4 is 43.5 Å². The van der Waals surface area contributed by atoms with Gasteiger partial charge < -0.3 is 4.42 Å². The molecule has 0 N–H and O–H groups in total. The van der Waals surface area contributed by atoms with Crippen LogP contribution in [0.25, 0.3) is 99.1 Å². The van der Waals surface area contributed by atoms with Gasteiger partial charge in [-0.15, -0.1) is 0 Å². The quantitative estimate of drug-likeness (QED) is 0.169. The Morgan fingerprint density at radius 2 is 0.863 bits per heavy atom. The van der Waals surface area contributed by atoms with Gasteiger partial charge in [0.2, 0.25) is 0 Å². The molecule has 0 bridgehead atoms. The maximum absolute atomic E-state index is 8.67. The molecule has 1 nitrogen and oxygen atoms in total. The molecule has 0 saturated carbocycles. The first kappa shape index (κ1) is 24.4. The van der Waals surface area contributed by atoms with Crippen molar-refractivity contribution in [1.29, 1.82) is 0 Å². The van der Waals surface area contributed by atoms with E-state index in [2.05, 4.69) is 127 Å². The van der Waals surface area contributed by atoms with Crippen LogP contribution >= 0.6 is 0 Å². The van der Waals surface area contributed by atoms with E-state index in [-0.39, 0.29) is 29.7 Å². The first-order valence-corrected chi connectivity index (χ1v) is 17.1. The van der Waals surface area contributed by atoms with Crippen LogP contribution in [0.4, 0.5) is 0 Å². The molecule has 10 rings (SSSR count). The fraction of sp³-hybridized carbons (Fsp3) is 0. The minimum absolute atomic E-state index is 0.165. The van der Waals surface area contributed by atoms with Gasteiger partial charge in [-0.25, -0.2) is 0 Å². The molecule has 0 spiro atoms. The Balaban J connectivity index is 1.22. The third-order valence-electron chi connectivity index (χ3n) is 9.98. The highest BCUT2D eigenvalue weighted by Crippen LogP contribution is 2.48. The topological polar surface area (TPSA) is 13.1 Å². The third-order valence-corrected chi connectivity index (χ3v) is 9.98. The highest BCUT2D eigenvalue weighted by atomic mass is 16.3. The lowest BCUT2D eigenvalue weighted by molar-refractivity contribution is 0.669. The van der Waals surface area contributed by atoms with Crippen LogP contribution in [0.1, 0.15) is 6.85 Å². The standard InChI is InChI=1S/C50H32O/c1-3-14-33(15-4-1)35-26-28-36(29-27-35)38-18-7-8-19-39(38)48-40-20-9-11-22-42(40)49(43-23-12-10-21-41(43)48)44-24-13-25-47-50(44)45-32-37(30-31-46(45)51-47)34-16-5-2-6-17-34/h1-32H/i2D,5D,6D,16D,17D. The zero-order valence-corrected chi connectivity index (χ0v) is 27.5. The molecule has 0 saturated heterocycles. The van der Waals surface area contributed by atoms with Gasteiger partial charge in [0.25, 0.3) is 0 Å². The summed E-state index contributed by atoms with van der Waals surface area (Å²) in [5, 5.41) is 6.15. The molecule has 0 aliphatic heterocycles. The Labute approximate surface area is 303 Å². The highest BCUT2D eigenvalue weighted by molar-refractivity contribution is 6.26. The van der Waals surface area contributed by atoms with Crippen molar-refractivity contribution in [3.05, 3.63) is 194 Å². The predicted molar refractivity (Wildman–Crippen MR) is 216 cm³/mol. The maximum Gasteiger partial charge on any atom is 0.136 e. The number of fused-ring (bicyclic) bond motifs is 5. The monoisotopic (exact) mass is 653 g/mol. The second kappa shape index (κ2) is 12.0. The van der Waals surface area contributed by atoms with E-state index in [0.717, 1.165) is 65.7 Å². The van der Waals surface area contributed by atoms with Crippen molar-refractivity contribution < 1.29 is 11.3 Å². The van der Waals surface area contributed by atoms with Crippen LogP contribution < -0.4 is 0 Å². The fourth-order valence-electron chi connectivity index (χ4n) is 7.72.